The van der Waals surface area contributed by atoms with Gasteiger partial charge in [0, 0.05) is 30.7 Å². The van der Waals surface area contributed by atoms with Crippen molar-refractivity contribution in [2.75, 3.05) is 41.4 Å². The first-order chi connectivity index (χ1) is 9.98. The molecule has 0 aromatic carbocycles. The summed E-state index contributed by atoms with van der Waals surface area (Å²) in [6, 6.07) is 2.01. The minimum Gasteiger partial charge on any atom is -0.394 e. The highest BCUT2D eigenvalue weighted by atomic mass is 32.2. The summed E-state index contributed by atoms with van der Waals surface area (Å²) >= 11 is 1.98. The van der Waals surface area contributed by atoms with Gasteiger partial charge in [0.25, 0.3) is 0 Å². The van der Waals surface area contributed by atoms with E-state index in [1.165, 1.54) is 0 Å². The van der Waals surface area contributed by atoms with E-state index in [0.717, 1.165) is 42.7 Å². The van der Waals surface area contributed by atoms with Crippen LogP contribution >= 0.6 is 11.8 Å². The lowest BCUT2D eigenvalue weighted by molar-refractivity contribution is 0.233. The van der Waals surface area contributed by atoms with Crippen molar-refractivity contribution in [3.63, 3.8) is 0 Å². The molecule has 5 nitrogen and oxygen atoms in total. The van der Waals surface area contributed by atoms with Crippen LogP contribution in [0.3, 0.4) is 0 Å². The number of nitrogens with zero attached hydrogens (tertiary/aromatic N) is 3. The topological polar surface area (TPSA) is 61.3 Å². The number of hydrogen-bond donors (Lipinski definition) is 2. The van der Waals surface area contributed by atoms with Crippen molar-refractivity contribution in [2.45, 2.75) is 33.2 Å². The number of nitrogens with one attached hydrogen (secondary N) is 1. The Kier molecular flexibility index (Phi) is 5.70. The minimum absolute atomic E-state index is 0.0182. The highest BCUT2D eigenvalue weighted by Gasteiger charge is 2.19. The maximum Gasteiger partial charge on any atom is 0.134 e. The molecule has 1 unspecified atom stereocenters. The predicted octanol–water partition coefficient (Wildman–Crippen LogP) is 2.24. The van der Waals surface area contributed by atoms with Crippen LogP contribution in [0.5, 0.6) is 0 Å². The zero-order valence-electron chi connectivity index (χ0n) is 13.2. The Hall–Kier alpha value is -1.01. The Labute approximate surface area is 131 Å². The van der Waals surface area contributed by atoms with E-state index in [1.54, 1.807) is 6.33 Å². The molecule has 1 aliphatic heterocycles. The van der Waals surface area contributed by atoms with Gasteiger partial charge < -0.3 is 15.3 Å². The van der Waals surface area contributed by atoms with Gasteiger partial charge in [-0.2, -0.15) is 11.8 Å². The molecule has 0 aliphatic carbocycles. The monoisotopic (exact) mass is 310 g/mol. The van der Waals surface area contributed by atoms with Gasteiger partial charge in [-0.15, -0.1) is 0 Å². The summed E-state index contributed by atoms with van der Waals surface area (Å²) in [5.41, 5.74) is 0.167. The number of aliphatic hydroxyl groups excluding tert-OH is 1. The second kappa shape index (κ2) is 7.31. The summed E-state index contributed by atoms with van der Waals surface area (Å²) in [4.78, 5) is 11.0. The summed E-state index contributed by atoms with van der Waals surface area (Å²) < 4.78 is 0. The molecule has 0 bridgehead atoms. The Morgan fingerprint density at radius 3 is 2.67 bits per heavy atom. The van der Waals surface area contributed by atoms with Crippen LogP contribution in [0.4, 0.5) is 11.6 Å². The fourth-order valence-electron chi connectivity index (χ4n) is 2.50. The van der Waals surface area contributed by atoms with E-state index in [1.807, 2.05) is 17.8 Å². The summed E-state index contributed by atoms with van der Waals surface area (Å²) in [5.74, 6) is 4.06. The highest BCUT2D eigenvalue weighted by Crippen LogP contribution is 2.23. The van der Waals surface area contributed by atoms with Crippen LogP contribution in [0, 0.1) is 5.41 Å². The van der Waals surface area contributed by atoms with Crippen molar-refractivity contribution in [1.29, 1.82) is 0 Å². The molecule has 118 valence electrons. The number of aliphatic hydroxyl groups is 1. The Morgan fingerprint density at radius 2 is 2.05 bits per heavy atom. The normalized spacial score (nSPS) is 17.6. The molecule has 21 heavy (non-hydrogen) atoms. The van der Waals surface area contributed by atoms with Crippen LogP contribution in [0.15, 0.2) is 12.4 Å². The van der Waals surface area contributed by atoms with E-state index in [2.05, 4.69) is 41.0 Å². The molecule has 1 aromatic heterocycles. The molecule has 1 fully saturated rings. The number of rotatable bonds is 5. The van der Waals surface area contributed by atoms with E-state index in [0.29, 0.717) is 0 Å². The van der Waals surface area contributed by atoms with Gasteiger partial charge in [0.1, 0.15) is 18.0 Å². The van der Waals surface area contributed by atoms with Crippen molar-refractivity contribution in [1.82, 2.24) is 9.97 Å². The van der Waals surface area contributed by atoms with E-state index in [4.69, 9.17) is 0 Å². The van der Waals surface area contributed by atoms with Gasteiger partial charge in [0.15, 0.2) is 0 Å². The standard InChI is InChI=1S/C15H26N4OS/c1-15(2,3)9-12(10-20)18-13-8-14(17-11-16-13)19-4-6-21-7-5-19/h8,11-12,20H,4-7,9-10H2,1-3H3,(H,16,17,18). The minimum atomic E-state index is 0.0182. The van der Waals surface area contributed by atoms with Crippen LogP contribution in [0.1, 0.15) is 27.2 Å². The van der Waals surface area contributed by atoms with Crippen LogP contribution in [-0.4, -0.2) is 52.3 Å². The third kappa shape index (κ3) is 5.36. The molecule has 0 spiro atoms. The zero-order valence-corrected chi connectivity index (χ0v) is 14.0. The molecule has 2 N–H and O–H groups in total. The fourth-order valence-corrected chi connectivity index (χ4v) is 3.40. The first-order valence-electron chi connectivity index (χ1n) is 7.50. The molecule has 1 atom stereocenters. The van der Waals surface area contributed by atoms with E-state index >= 15 is 0 Å². The molecular weight excluding hydrogens is 284 g/mol. The van der Waals surface area contributed by atoms with Crippen molar-refractivity contribution < 1.29 is 5.11 Å². The molecule has 6 heteroatoms. The maximum atomic E-state index is 9.55. The van der Waals surface area contributed by atoms with Gasteiger partial charge in [0.2, 0.25) is 0 Å². The number of anilines is 2. The summed E-state index contributed by atoms with van der Waals surface area (Å²) in [6.45, 7) is 8.70. The van der Waals surface area contributed by atoms with Gasteiger partial charge in [-0.25, -0.2) is 9.97 Å². The third-order valence-corrected chi connectivity index (χ3v) is 4.36. The van der Waals surface area contributed by atoms with E-state index in [-0.39, 0.29) is 18.1 Å². The van der Waals surface area contributed by atoms with E-state index in [9.17, 15) is 5.11 Å². The van der Waals surface area contributed by atoms with Crippen LogP contribution in [0.25, 0.3) is 0 Å². The summed E-state index contributed by atoms with van der Waals surface area (Å²) in [6.07, 6.45) is 2.49. The molecule has 1 aromatic rings. The maximum absolute atomic E-state index is 9.55. The lowest BCUT2D eigenvalue weighted by Crippen LogP contribution is -2.33. The Morgan fingerprint density at radius 1 is 1.33 bits per heavy atom. The SMILES string of the molecule is CC(C)(C)CC(CO)Nc1cc(N2CCSCC2)ncn1. The number of thioether (sulfide) groups is 1. The van der Waals surface area contributed by atoms with Gasteiger partial charge in [-0.3, -0.25) is 0 Å². The summed E-state index contributed by atoms with van der Waals surface area (Å²) in [5, 5.41) is 12.9. The molecule has 0 amide bonds. The average Bonchev–Trinajstić information content (AvgIpc) is 2.46. The van der Waals surface area contributed by atoms with Crippen molar-refractivity contribution in [3.8, 4) is 0 Å². The fraction of sp³-hybridized carbons (Fsp3) is 0.733. The quantitative estimate of drug-likeness (QED) is 0.870. The van der Waals surface area contributed by atoms with E-state index < -0.39 is 0 Å². The molecule has 0 radical (unpaired) electrons. The first-order valence-corrected chi connectivity index (χ1v) is 8.65. The Balaban J connectivity index is 2.02. The van der Waals surface area contributed by atoms with Gasteiger partial charge in [-0.1, -0.05) is 20.8 Å². The largest absolute Gasteiger partial charge is 0.394 e. The first kappa shape index (κ1) is 16.4. The smallest absolute Gasteiger partial charge is 0.134 e. The average molecular weight is 310 g/mol. The van der Waals surface area contributed by atoms with Gasteiger partial charge in [0.05, 0.1) is 12.6 Å². The number of aromatic nitrogens is 2. The summed E-state index contributed by atoms with van der Waals surface area (Å²) in [7, 11) is 0. The van der Waals surface area contributed by atoms with Crippen molar-refractivity contribution in [2.24, 2.45) is 5.41 Å². The van der Waals surface area contributed by atoms with Crippen LogP contribution < -0.4 is 10.2 Å². The van der Waals surface area contributed by atoms with Crippen LogP contribution in [-0.2, 0) is 0 Å². The molecule has 2 rings (SSSR count). The molecule has 2 heterocycles. The zero-order chi connectivity index (χ0) is 15.3. The van der Waals surface area contributed by atoms with Crippen molar-refractivity contribution >= 4 is 23.4 Å². The third-order valence-electron chi connectivity index (χ3n) is 3.42. The highest BCUT2D eigenvalue weighted by molar-refractivity contribution is 7.99. The van der Waals surface area contributed by atoms with Gasteiger partial charge >= 0.3 is 0 Å². The second-order valence-electron chi connectivity index (χ2n) is 6.65. The molecule has 1 saturated heterocycles. The van der Waals surface area contributed by atoms with Crippen LogP contribution in [0.2, 0.25) is 0 Å². The second-order valence-corrected chi connectivity index (χ2v) is 7.87. The van der Waals surface area contributed by atoms with Gasteiger partial charge in [-0.05, 0) is 11.8 Å². The van der Waals surface area contributed by atoms with Crippen molar-refractivity contribution in [3.05, 3.63) is 12.4 Å². The molecular formula is C15H26N4OS. The predicted molar refractivity (Wildman–Crippen MR) is 90.1 cm³/mol. The molecule has 0 saturated carbocycles. The lowest BCUT2D eigenvalue weighted by Gasteiger charge is -2.28. The lowest BCUT2D eigenvalue weighted by atomic mass is 9.88. The molecule has 1 aliphatic rings. The Bertz CT molecular complexity index is 444. The number of hydrogen-bond acceptors (Lipinski definition) is 6.